The number of nitrogens with one attached hydrogen (secondary N) is 1. The largest absolute Gasteiger partial charge is 0.497 e. The van der Waals surface area contributed by atoms with Gasteiger partial charge in [-0.25, -0.2) is 4.68 Å². The lowest BCUT2D eigenvalue weighted by Crippen LogP contribution is -2.16. The van der Waals surface area contributed by atoms with E-state index in [0.29, 0.717) is 11.3 Å². The van der Waals surface area contributed by atoms with Crippen LogP contribution in [0.25, 0.3) is 5.69 Å². The molecule has 0 saturated heterocycles. The lowest BCUT2D eigenvalue weighted by atomic mass is 10.2. The van der Waals surface area contributed by atoms with Gasteiger partial charge in [-0.1, -0.05) is 0 Å². The Hall–Kier alpha value is -2.67. The van der Waals surface area contributed by atoms with Gasteiger partial charge in [0.1, 0.15) is 23.1 Å². The summed E-state index contributed by atoms with van der Waals surface area (Å²) in [6.07, 6.45) is 0. The van der Waals surface area contributed by atoms with E-state index < -0.39 is 0 Å². The van der Waals surface area contributed by atoms with Crippen LogP contribution in [0, 0.1) is 13.8 Å². The van der Waals surface area contributed by atoms with Gasteiger partial charge in [0.15, 0.2) is 0 Å². The molecule has 0 aliphatic carbocycles. The zero-order valence-corrected chi connectivity index (χ0v) is 15.6. The lowest BCUT2D eigenvalue weighted by molar-refractivity contribution is 0.102. The molecule has 6 nitrogen and oxygen atoms in total. The first-order valence-corrected chi connectivity index (χ1v) is 9.43. The molecule has 3 aromatic rings. The number of nitrogens with zero attached hydrogens (tertiary/aromatic N) is 2. The van der Waals surface area contributed by atoms with Gasteiger partial charge >= 0.3 is 0 Å². The topological polar surface area (TPSA) is 69.3 Å². The number of methoxy groups -OCH3 is 1. The molecule has 2 aromatic heterocycles. The summed E-state index contributed by atoms with van der Waals surface area (Å²) in [7, 11) is 1.63. The maximum Gasteiger partial charge on any atom is 0.260 e. The molecule has 134 valence electrons. The number of hydrogen-bond donors (Lipinski definition) is 1. The van der Waals surface area contributed by atoms with Crippen LogP contribution < -0.4 is 10.1 Å². The van der Waals surface area contributed by atoms with Crippen molar-refractivity contribution in [2.24, 2.45) is 0 Å². The molecule has 0 fully saturated rings. The zero-order chi connectivity index (χ0) is 18.3. The minimum Gasteiger partial charge on any atom is -0.497 e. The average Bonchev–Trinajstić information content (AvgIpc) is 3.31. The van der Waals surface area contributed by atoms with E-state index in [0.717, 1.165) is 45.8 Å². The van der Waals surface area contributed by atoms with Crippen LogP contribution in [0.5, 0.6) is 5.75 Å². The van der Waals surface area contributed by atoms with Crippen molar-refractivity contribution in [2.45, 2.75) is 25.4 Å². The summed E-state index contributed by atoms with van der Waals surface area (Å²) in [5.74, 6) is 4.33. The average molecular weight is 369 g/mol. The number of furan rings is 1. The molecular weight excluding hydrogens is 350 g/mol. The van der Waals surface area contributed by atoms with E-state index in [-0.39, 0.29) is 5.91 Å². The highest BCUT2D eigenvalue weighted by atomic mass is 32.2. The summed E-state index contributed by atoms with van der Waals surface area (Å²) in [5, 5.41) is 7.75. The quantitative estimate of drug-likeness (QED) is 0.750. The molecule has 0 spiro atoms. The third kappa shape index (κ3) is 2.88. The third-order valence-corrected chi connectivity index (χ3v) is 5.36. The van der Waals surface area contributed by atoms with Crippen LogP contribution in [0.4, 0.5) is 5.82 Å². The molecule has 26 heavy (non-hydrogen) atoms. The van der Waals surface area contributed by atoms with E-state index in [1.165, 1.54) is 0 Å². The monoisotopic (exact) mass is 369 g/mol. The standard InChI is InChI=1S/C19H19N3O3S/c1-11-8-15(12(2)25-11)19(23)20-18-16-9-26-10-17(16)21-22(18)13-4-6-14(24-3)7-5-13/h4-8H,9-10H2,1-3H3,(H,20,23). The molecule has 1 N–H and O–H groups in total. The van der Waals surface area contributed by atoms with Crippen molar-refractivity contribution in [1.29, 1.82) is 0 Å². The molecule has 0 radical (unpaired) electrons. The minimum absolute atomic E-state index is 0.186. The third-order valence-electron chi connectivity index (χ3n) is 4.39. The van der Waals surface area contributed by atoms with Crippen molar-refractivity contribution < 1.29 is 13.9 Å². The van der Waals surface area contributed by atoms with Gasteiger partial charge in [0.25, 0.3) is 5.91 Å². The first kappa shape index (κ1) is 16.8. The smallest absolute Gasteiger partial charge is 0.260 e. The number of benzene rings is 1. The lowest BCUT2D eigenvalue weighted by Gasteiger charge is -2.11. The van der Waals surface area contributed by atoms with Crippen molar-refractivity contribution in [3.05, 3.63) is 58.7 Å². The van der Waals surface area contributed by atoms with Crippen molar-refractivity contribution in [1.82, 2.24) is 9.78 Å². The fraction of sp³-hybridized carbons (Fsp3) is 0.263. The Kier molecular flexibility index (Phi) is 4.24. The normalized spacial score (nSPS) is 12.9. The van der Waals surface area contributed by atoms with Crippen LogP contribution >= 0.6 is 11.8 Å². The van der Waals surface area contributed by atoms with Gasteiger partial charge < -0.3 is 14.5 Å². The number of carbonyl (C=O) groups is 1. The van der Waals surface area contributed by atoms with Gasteiger partial charge in [-0.2, -0.15) is 16.9 Å². The van der Waals surface area contributed by atoms with E-state index >= 15 is 0 Å². The van der Waals surface area contributed by atoms with Gasteiger partial charge in [-0.05, 0) is 44.2 Å². The summed E-state index contributed by atoms with van der Waals surface area (Å²) < 4.78 is 12.5. The zero-order valence-electron chi connectivity index (χ0n) is 14.8. The molecule has 1 aliphatic heterocycles. The maximum absolute atomic E-state index is 12.8. The Morgan fingerprint density at radius 2 is 2.04 bits per heavy atom. The molecule has 0 bridgehead atoms. The molecular formula is C19H19N3O3S. The predicted octanol–water partition coefficient (Wildman–Crippen LogP) is 4.09. The van der Waals surface area contributed by atoms with Crippen LogP contribution in [-0.2, 0) is 11.5 Å². The van der Waals surface area contributed by atoms with Gasteiger partial charge in [-0.3, -0.25) is 4.79 Å². The highest BCUT2D eigenvalue weighted by molar-refractivity contribution is 7.98. The molecule has 1 aromatic carbocycles. The molecule has 0 atom stereocenters. The molecule has 4 rings (SSSR count). The summed E-state index contributed by atoms with van der Waals surface area (Å²) in [4.78, 5) is 12.8. The number of amides is 1. The van der Waals surface area contributed by atoms with Gasteiger partial charge in [0.2, 0.25) is 0 Å². The van der Waals surface area contributed by atoms with Gasteiger partial charge in [0.05, 0.1) is 24.1 Å². The van der Waals surface area contributed by atoms with Crippen molar-refractivity contribution >= 4 is 23.5 Å². The maximum atomic E-state index is 12.8. The SMILES string of the molecule is COc1ccc(-n2nc3c(c2NC(=O)c2cc(C)oc2C)CSC3)cc1. The minimum atomic E-state index is -0.186. The number of aromatic nitrogens is 2. The number of rotatable bonds is 4. The van der Waals surface area contributed by atoms with Crippen molar-refractivity contribution in [3.63, 3.8) is 0 Å². The first-order valence-electron chi connectivity index (χ1n) is 8.28. The predicted molar refractivity (Wildman–Crippen MR) is 101 cm³/mol. The number of ether oxygens (including phenoxy) is 1. The molecule has 0 saturated carbocycles. The summed E-state index contributed by atoms with van der Waals surface area (Å²) in [6, 6.07) is 9.37. The number of hydrogen-bond acceptors (Lipinski definition) is 5. The van der Waals surface area contributed by atoms with Crippen LogP contribution in [0.2, 0.25) is 0 Å². The van der Waals surface area contributed by atoms with Crippen LogP contribution in [0.15, 0.2) is 34.7 Å². The molecule has 1 amide bonds. The van der Waals surface area contributed by atoms with Crippen molar-refractivity contribution in [2.75, 3.05) is 12.4 Å². The van der Waals surface area contributed by atoms with Crippen LogP contribution in [0.1, 0.15) is 33.1 Å². The number of thioether (sulfide) groups is 1. The van der Waals surface area contributed by atoms with Gasteiger partial charge in [0, 0.05) is 17.1 Å². The second-order valence-electron chi connectivity index (χ2n) is 6.16. The molecule has 7 heteroatoms. The fourth-order valence-electron chi connectivity index (χ4n) is 3.08. The number of fused-ring (bicyclic) bond motifs is 1. The first-order chi connectivity index (χ1) is 12.6. The highest BCUT2D eigenvalue weighted by Crippen LogP contribution is 2.36. The van der Waals surface area contributed by atoms with E-state index in [2.05, 4.69) is 5.32 Å². The number of aryl methyl sites for hydroxylation is 2. The van der Waals surface area contributed by atoms with E-state index in [1.807, 2.05) is 31.2 Å². The van der Waals surface area contributed by atoms with E-state index in [4.69, 9.17) is 14.3 Å². The van der Waals surface area contributed by atoms with Crippen LogP contribution in [0.3, 0.4) is 0 Å². The molecule has 1 aliphatic rings. The van der Waals surface area contributed by atoms with Crippen molar-refractivity contribution in [3.8, 4) is 11.4 Å². The summed E-state index contributed by atoms with van der Waals surface area (Å²) >= 11 is 1.80. The Labute approximate surface area is 155 Å². The number of carbonyl (C=O) groups excluding carboxylic acids is 1. The van der Waals surface area contributed by atoms with Gasteiger partial charge in [-0.15, -0.1) is 0 Å². The highest BCUT2D eigenvalue weighted by Gasteiger charge is 2.26. The fourth-order valence-corrected chi connectivity index (χ4v) is 4.12. The molecule has 0 unspecified atom stereocenters. The summed E-state index contributed by atoms with van der Waals surface area (Å²) in [6.45, 7) is 3.63. The summed E-state index contributed by atoms with van der Waals surface area (Å²) in [5.41, 5.74) is 3.52. The second-order valence-corrected chi connectivity index (χ2v) is 7.14. The van der Waals surface area contributed by atoms with E-state index in [9.17, 15) is 4.79 Å². The number of anilines is 1. The van der Waals surface area contributed by atoms with Crippen LogP contribution in [-0.4, -0.2) is 22.8 Å². The Bertz CT molecular complexity index is 973. The Balaban J connectivity index is 1.72. The Morgan fingerprint density at radius 1 is 1.27 bits per heavy atom. The second kappa shape index (κ2) is 6.57. The Morgan fingerprint density at radius 3 is 2.69 bits per heavy atom. The van der Waals surface area contributed by atoms with E-state index in [1.54, 1.807) is 36.5 Å². The molecule has 3 heterocycles.